The van der Waals surface area contributed by atoms with Gasteiger partial charge < -0.3 is 4.98 Å². The molecule has 0 spiro atoms. The second-order valence-electron chi connectivity index (χ2n) is 4.19. The van der Waals surface area contributed by atoms with Gasteiger partial charge in [0.05, 0.1) is 10.9 Å². The Bertz CT molecular complexity index is 780. The number of alkyl halides is 3. The second kappa shape index (κ2) is 4.49. The van der Waals surface area contributed by atoms with Crippen molar-refractivity contribution < 1.29 is 13.2 Å². The lowest BCUT2D eigenvalue weighted by Gasteiger charge is -2.07. The summed E-state index contributed by atoms with van der Waals surface area (Å²) in [6, 6.07) is 6.68. The van der Waals surface area contributed by atoms with Gasteiger partial charge in [-0.25, -0.2) is 9.97 Å². The van der Waals surface area contributed by atoms with Gasteiger partial charge in [-0.05, 0) is 23.8 Å². The highest BCUT2D eigenvalue weighted by Crippen LogP contribution is 2.33. The van der Waals surface area contributed by atoms with E-state index in [2.05, 4.69) is 15.0 Å². The molecule has 1 aromatic carbocycles. The first-order valence-corrected chi connectivity index (χ1v) is 6.00. The van der Waals surface area contributed by atoms with Crippen LogP contribution in [0.2, 0.25) is 5.15 Å². The maximum atomic E-state index is 12.7. The summed E-state index contributed by atoms with van der Waals surface area (Å²) < 4.78 is 38.1. The summed E-state index contributed by atoms with van der Waals surface area (Å²) in [6.07, 6.45) is -3.09. The van der Waals surface area contributed by atoms with E-state index < -0.39 is 11.7 Å². The number of H-pyrrole nitrogens is 1. The molecule has 2 heterocycles. The van der Waals surface area contributed by atoms with Crippen LogP contribution in [-0.4, -0.2) is 15.0 Å². The summed E-state index contributed by atoms with van der Waals surface area (Å²) in [5.41, 5.74) is 0.700. The molecule has 0 saturated heterocycles. The Morgan fingerprint density at radius 2 is 1.90 bits per heavy atom. The fourth-order valence-electron chi connectivity index (χ4n) is 1.93. The number of rotatable bonds is 1. The third kappa shape index (κ3) is 2.22. The number of aromatic amines is 1. The van der Waals surface area contributed by atoms with Crippen molar-refractivity contribution in [3.05, 3.63) is 47.4 Å². The lowest BCUT2D eigenvalue weighted by Crippen LogP contribution is -2.04. The minimum atomic E-state index is -4.38. The van der Waals surface area contributed by atoms with Crippen LogP contribution in [0.5, 0.6) is 0 Å². The molecular weight excluding hydrogens is 291 g/mol. The van der Waals surface area contributed by atoms with Crippen molar-refractivity contribution in [3.63, 3.8) is 0 Å². The topological polar surface area (TPSA) is 41.6 Å². The Labute approximate surface area is 116 Å². The highest BCUT2D eigenvalue weighted by atomic mass is 35.5. The molecule has 0 aliphatic carbocycles. The van der Waals surface area contributed by atoms with Crippen LogP contribution < -0.4 is 0 Å². The molecule has 0 aliphatic heterocycles. The molecule has 2 aromatic heterocycles. The highest BCUT2D eigenvalue weighted by molar-refractivity contribution is 6.34. The van der Waals surface area contributed by atoms with Gasteiger partial charge in [-0.15, -0.1) is 0 Å². The fraction of sp³-hybridized carbons (Fsp3) is 0.0769. The maximum absolute atomic E-state index is 12.7. The SMILES string of the molecule is FC(F)(F)c1cccc(-c2cc3c(Cl)ncnc3[nH]2)c1. The van der Waals surface area contributed by atoms with Crippen LogP contribution in [-0.2, 0) is 6.18 Å². The average Bonchev–Trinajstić information content (AvgIpc) is 2.83. The summed E-state index contributed by atoms with van der Waals surface area (Å²) in [7, 11) is 0. The Balaban J connectivity index is 2.14. The van der Waals surface area contributed by atoms with Gasteiger partial charge in [-0.2, -0.15) is 13.2 Å². The number of nitrogens with one attached hydrogen (secondary N) is 1. The van der Waals surface area contributed by atoms with E-state index in [4.69, 9.17) is 11.6 Å². The quantitative estimate of drug-likeness (QED) is 0.681. The van der Waals surface area contributed by atoms with Crippen molar-refractivity contribution in [1.29, 1.82) is 0 Å². The van der Waals surface area contributed by atoms with Crippen LogP contribution in [0.3, 0.4) is 0 Å². The van der Waals surface area contributed by atoms with Gasteiger partial charge in [-0.3, -0.25) is 0 Å². The molecule has 1 N–H and O–H groups in total. The van der Waals surface area contributed by atoms with Crippen LogP contribution in [0.25, 0.3) is 22.3 Å². The van der Waals surface area contributed by atoms with Gasteiger partial charge in [0.15, 0.2) is 0 Å². The largest absolute Gasteiger partial charge is 0.416 e. The third-order valence-corrected chi connectivity index (χ3v) is 3.18. The average molecular weight is 298 g/mol. The predicted molar refractivity (Wildman–Crippen MR) is 69.3 cm³/mol. The lowest BCUT2D eigenvalue weighted by molar-refractivity contribution is -0.137. The zero-order chi connectivity index (χ0) is 14.3. The Morgan fingerprint density at radius 3 is 2.60 bits per heavy atom. The molecule has 7 heteroatoms. The monoisotopic (exact) mass is 297 g/mol. The van der Waals surface area contributed by atoms with Crippen molar-refractivity contribution in [2.45, 2.75) is 6.18 Å². The summed E-state index contributed by atoms with van der Waals surface area (Å²) in [4.78, 5) is 10.7. The Morgan fingerprint density at radius 1 is 1.10 bits per heavy atom. The molecule has 0 bridgehead atoms. The molecule has 0 atom stereocenters. The minimum Gasteiger partial charge on any atom is -0.339 e. The molecule has 0 aliphatic rings. The van der Waals surface area contributed by atoms with E-state index in [0.717, 1.165) is 12.1 Å². The molecule has 3 aromatic rings. The number of halogens is 4. The van der Waals surface area contributed by atoms with Crippen LogP contribution >= 0.6 is 11.6 Å². The minimum absolute atomic E-state index is 0.254. The number of hydrogen-bond donors (Lipinski definition) is 1. The zero-order valence-corrected chi connectivity index (χ0v) is 10.6. The van der Waals surface area contributed by atoms with E-state index in [-0.39, 0.29) is 5.15 Å². The van der Waals surface area contributed by atoms with Crippen molar-refractivity contribution in [2.75, 3.05) is 0 Å². The van der Waals surface area contributed by atoms with Gasteiger partial charge in [0.25, 0.3) is 0 Å². The Hall–Kier alpha value is -2.08. The van der Waals surface area contributed by atoms with Gasteiger partial charge in [-0.1, -0.05) is 23.7 Å². The lowest BCUT2D eigenvalue weighted by atomic mass is 10.1. The van der Waals surface area contributed by atoms with E-state index >= 15 is 0 Å². The normalized spacial score (nSPS) is 12.0. The molecule has 20 heavy (non-hydrogen) atoms. The molecule has 102 valence electrons. The van der Waals surface area contributed by atoms with Crippen molar-refractivity contribution in [3.8, 4) is 11.3 Å². The van der Waals surface area contributed by atoms with E-state index in [1.165, 1.54) is 12.4 Å². The van der Waals surface area contributed by atoms with Gasteiger partial charge in [0.1, 0.15) is 17.1 Å². The van der Waals surface area contributed by atoms with Gasteiger partial charge in [0.2, 0.25) is 0 Å². The van der Waals surface area contributed by atoms with Crippen LogP contribution in [0.15, 0.2) is 36.7 Å². The number of aromatic nitrogens is 3. The third-order valence-electron chi connectivity index (χ3n) is 2.88. The van der Waals surface area contributed by atoms with Crippen molar-refractivity contribution in [2.24, 2.45) is 0 Å². The fourth-order valence-corrected chi connectivity index (χ4v) is 2.12. The first-order chi connectivity index (χ1) is 9.45. The zero-order valence-electron chi connectivity index (χ0n) is 9.87. The summed E-state index contributed by atoms with van der Waals surface area (Å²) >= 11 is 5.91. The van der Waals surface area contributed by atoms with E-state index in [0.29, 0.717) is 22.3 Å². The predicted octanol–water partition coefficient (Wildman–Crippen LogP) is 4.30. The van der Waals surface area contributed by atoms with Crippen LogP contribution in [0.1, 0.15) is 5.56 Å². The highest BCUT2D eigenvalue weighted by Gasteiger charge is 2.30. The molecule has 0 saturated carbocycles. The van der Waals surface area contributed by atoms with E-state index in [1.807, 2.05) is 0 Å². The first-order valence-electron chi connectivity index (χ1n) is 5.62. The molecule has 3 nitrogen and oxygen atoms in total. The number of hydrogen-bond acceptors (Lipinski definition) is 2. The Kier molecular flexibility index (Phi) is 2.90. The molecule has 0 unspecified atom stereocenters. The van der Waals surface area contributed by atoms with Gasteiger partial charge >= 0.3 is 6.18 Å². The maximum Gasteiger partial charge on any atom is 0.416 e. The van der Waals surface area contributed by atoms with Crippen molar-refractivity contribution in [1.82, 2.24) is 15.0 Å². The first kappa shape index (κ1) is 12.9. The van der Waals surface area contributed by atoms with Crippen LogP contribution in [0.4, 0.5) is 13.2 Å². The molecule has 0 amide bonds. The van der Waals surface area contributed by atoms with Gasteiger partial charge in [0, 0.05) is 5.69 Å². The summed E-state index contributed by atoms with van der Waals surface area (Å²) in [5.74, 6) is 0. The second-order valence-corrected chi connectivity index (χ2v) is 4.55. The van der Waals surface area contributed by atoms with E-state index in [9.17, 15) is 13.2 Å². The summed E-state index contributed by atoms with van der Waals surface area (Å²) in [6.45, 7) is 0. The molecule has 0 fully saturated rings. The molecular formula is C13H7ClF3N3. The molecule has 0 radical (unpaired) electrons. The smallest absolute Gasteiger partial charge is 0.339 e. The summed E-state index contributed by atoms with van der Waals surface area (Å²) in [5, 5.41) is 0.825. The van der Waals surface area contributed by atoms with Crippen molar-refractivity contribution >= 4 is 22.6 Å². The number of nitrogens with zero attached hydrogens (tertiary/aromatic N) is 2. The van der Waals surface area contributed by atoms with E-state index in [1.54, 1.807) is 12.1 Å². The standard InChI is InChI=1S/C13H7ClF3N3/c14-11-9-5-10(20-12(9)19-6-18-11)7-2-1-3-8(4-7)13(15,16)17/h1-6H,(H,18,19,20). The molecule has 3 rings (SSSR count). The number of fused-ring (bicyclic) bond motifs is 1. The number of benzene rings is 1. The van der Waals surface area contributed by atoms with Crippen LogP contribution in [0, 0.1) is 0 Å².